The molecule has 2 N–H and O–H groups in total. The molecule has 0 saturated heterocycles. The van der Waals surface area contributed by atoms with Crippen LogP contribution in [0.2, 0.25) is 5.02 Å². The molecule has 2 aromatic carbocycles. The number of carbonyl (C=O) groups is 1. The molecule has 1 unspecified atom stereocenters. The third-order valence-corrected chi connectivity index (χ3v) is 5.93. The number of halogens is 4. The summed E-state index contributed by atoms with van der Waals surface area (Å²) in [6.45, 7) is 1.45. The molecule has 0 radical (unpaired) electrons. The first kappa shape index (κ1) is 25.8. The van der Waals surface area contributed by atoms with Crippen molar-refractivity contribution in [3.8, 4) is 28.4 Å². The summed E-state index contributed by atoms with van der Waals surface area (Å²) in [5, 5.41) is 13.9. The quantitative estimate of drug-likeness (QED) is 0.378. The Kier molecular flexibility index (Phi) is 6.99. The smallest absolute Gasteiger partial charge is 0.493 e. The van der Waals surface area contributed by atoms with E-state index >= 15 is 0 Å². The normalized spacial score (nSPS) is 12.3. The zero-order chi connectivity index (χ0) is 26.9. The summed E-state index contributed by atoms with van der Waals surface area (Å²) in [6.07, 6.45) is -1.86. The number of pyridine rings is 1. The Morgan fingerprint density at radius 1 is 1.11 bits per heavy atom. The van der Waals surface area contributed by atoms with Crippen LogP contribution in [0.15, 0.2) is 71.8 Å². The molecule has 2 heterocycles. The van der Waals surface area contributed by atoms with Gasteiger partial charge in [-0.15, -0.1) is 13.2 Å². The minimum Gasteiger partial charge on any atom is -0.493 e. The van der Waals surface area contributed by atoms with Crippen molar-refractivity contribution in [3.63, 3.8) is 0 Å². The van der Waals surface area contributed by atoms with Gasteiger partial charge in [0.05, 0.1) is 11.4 Å². The molecule has 4 rings (SSSR count). The van der Waals surface area contributed by atoms with Crippen molar-refractivity contribution in [1.29, 1.82) is 0 Å². The maximum absolute atomic E-state index is 13.6. The Morgan fingerprint density at radius 3 is 2.35 bits per heavy atom. The van der Waals surface area contributed by atoms with Gasteiger partial charge in [-0.25, -0.2) is 9.36 Å². The summed E-state index contributed by atoms with van der Waals surface area (Å²) in [5.74, 6) is -1.52. The van der Waals surface area contributed by atoms with E-state index in [0.29, 0.717) is 21.7 Å². The number of aromatic hydroxyl groups is 1. The van der Waals surface area contributed by atoms with Crippen molar-refractivity contribution in [2.75, 3.05) is 7.05 Å². The molecule has 0 aliphatic rings. The van der Waals surface area contributed by atoms with Crippen molar-refractivity contribution in [1.82, 2.24) is 19.4 Å². The zero-order valence-electron chi connectivity index (χ0n) is 19.5. The Labute approximate surface area is 213 Å². The van der Waals surface area contributed by atoms with Crippen molar-refractivity contribution in [2.45, 2.75) is 19.3 Å². The van der Waals surface area contributed by atoms with Gasteiger partial charge in [0, 0.05) is 30.0 Å². The van der Waals surface area contributed by atoms with Gasteiger partial charge in [0.25, 0.3) is 0 Å². The van der Waals surface area contributed by atoms with E-state index in [2.05, 4.69) is 15.0 Å². The number of hydrogen-bond acceptors (Lipinski definition) is 5. The van der Waals surface area contributed by atoms with Gasteiger partial charge < -0.3 is 15.2 Å². The minimum absolute atomic E-state index is 0.0630. The Bertz CT molecular complexity index is 1500. The summed E-state index contributed by atoms with van der Waals surface area (Å²) in [6, 6.07) is 11.6. The van der Waals surface area contributed by atoms with Crippen LogP contribution in [0.3, 0.4) is 0 Å². The van der Waals surface area contributed by atoms with Crippen molar-refractivity contribution in [3.05, 3.63) is 93.8 Å². The van der Waals surface area contributed by atoms with E-state index in [4.69, 9.17) is 11.6 Å². The highest BCUT2D eigenvalue weighted by Crippen LogP contribution is 2.33. The number of rotatable bonds is 6. The molecule has 0 spiro atoms. The number of likely N-dealkylation sites (N-methyl/N-ethyl adjacent to an activating group) is 1. The van der Waals surface area contributed by atoms with Crippen molar-refractivity contribution < 1.29 is 27.8 Å². The van der Waals surface area contributed by atoms with Crippen LogP contribution in [0.1, 0.15) is 17.3 Å². The molecule has 12 heteroatoms. The molecule has 0 aliphatic carbocycles. The fraction of sp³-hybridized carbons (Fsp3) is 0.160. The zero-order valence-corrected chi connectivity index (χ0v) is 20.2. The second-order valence-corrected chi connectivity index (χ2v) is 8.36. The maximum Gasteiger partial charge on any atom is 0.573 e. The average molecular weight is 533 g/mol. The van der Waals surface area contributed by atoms with Crippen LogP contribution in [-0.4, -0.2) is 38.5 Å². The summed E-state index contributed by atoms with van der Waals surface area (Å²) in [5.41, 5.74) is 1.02. The molecular formula is C25H20ClF3N4O4. The van der Waals surface area contributed by atoms with Gasteiger partial charge in [0.1, 0.15) is 11.8 Å². The highest BCUT2D eigenvalue weighted by Gasteiger charge is 2.32. The van der Waals surface area contributed by atoms with E-state index in [1.807, 2.05) is 0 Å². The van der Waals surface area contributed by atoms with Gasteiger partial charge in [-0.3, -0.25) is 14.3 Å². The Morgan fingerprint density at radius 2 is 1.76 bits per heavy atom. The molecule has 1 amide bonds. The lowest BCUT2D eigenvalue weighted by atomic mass is 9.96. The van der Waals surface area contributed by atoms with E-state index in [1.165, 1.54) is 32.3 Å². The second kappa shape index (κ2) is 10.0. The Hall–Kier alpha value is -4.25. The van der Waals surface area contributed by atoms with E-state index in [-0.39, 0.29) is 11.4 Å². The summed E-state index contributed by atoms with van der Waals surface area (Å²) >= 11 is 6.01. The monoisotopic (exact) mass is 532 g/mol. The van der Waals surface area contributed by atoms with Crippen molar-refractivity contribution >= 4 is 17.5 Å². The van der Waals surface area contributed by atoms with Gasteiger partial charge >= 0.3 is 12.1 Å². The largest absolute Gasteiger partial charge is 0.573 e. The number of nitrogens with one attached hydrogen (secondary N) is 1. The number of nitrogens with zero attached hydrogens (tertiary/aromatic N) is 3. The standard InChI is InChI=1S/C25H20ClF3N4O4/c1-14-23(35)33(17-7-9-18(10-8-17)37-25(27,28)29)24(36)32(14)21(22(34)30-2)19-11-12-31-13-20(19)15-3-5-16(26)6-4-15/h3-13,21,35H,1-2H3,(H,30,34). The molecule has 0 bridgehead atoms. The molecule has 2 aromatic heterocycles. The first-order valence-corrected chi connectivity index (χ1v) is 11.2. The van der Waals surface area contributed by atoms with Crippen LogP contribution in [-0.2, 0) is 4.79 Å². The summed E-state index contributed by atoms with van der Waals surface area (Å²) in [7, 11) is 1.41. The third kappa shape index (κ3) is 5.17. The van der Waals surface area contributed by atoms with Crippen molar-refractivity contribution in [2.24, 2.45) is 0 Å². The molecule has 1 atom stereocenters. The number of hydrogen-bond donors (Lipinski definition) is 2. The number of carbonyl (C=O) groups excluding carboxylic acids is 1. The topological polar surface area (TPSA) is 98.4 Å². The molecule has 0 saturated carbocycles. The SMILES string of the molecule is CNC(=O)C(c1ccncc1-c1ccc(Cl)cc1)n1c(C)c(O)n(-c2ccc(OC(F)(F)F)cc2)c1=O. The predicted molar refractivity (Wildman–Crippen MR) is 130 cm³/mol. The lowest BCUT2D eigenvalue weighted by Gasteiger charge is -2.21. The van der Waals surface area contributed by atoms with Crippen LogP contribution in [0, 0.1) is 6.92 Å². The molecular weight excluding hydrogens is 513 g/mol. The summed E-state index contributed by atoms with van der Waals surface area (Å²) in [4.78, 5) is 30.9. The fourth-order valence-electron chi connectivity index (χ4n) is 3.99. The predicted octanol–water partition coefficient (Wildman–Crippen LogP) is 4.60. The highest BCUT2D eigenvalue weighted by atomic mass is 35.5. The number of amides is 1. The Balaban J connectivity index is 1.87. The lowest BCUT2D eigenvalue weighted by molar-refractivity contribution is -0.274. The van der Waals surface area contributed by atoms with E-state index in [9.17, 15) is 27.9 Å². The second-order valence-electron chi connectivity index (χ2n) is 7.93. The van der Waals surface area contributed by atoms with Crippen LogP contribution in [0.25, 0.3) is 16.8 Å². The van der Waals surface area contributed by atoms with Gasteiger partial charge in [-0.05, 0) is 60.5 Å². The van der Waals surface area contributed by atoms with Crippen LogP contribution < -0.4 is 15.7 Å². The average Bonchev–Trinajstić information content (AvgIpc) is 3.08. The van der Waals surface area contributed by atoms with Gasteiger partial charge in [0.15, 0.2) is 0 Å². The lowest BCUT2D eigenvalue weighted by Crippen LogP contribution is -2.37. The molecule has 192 valence electrons. The molecule has 0 fully saturated rings. The number of aromatic nitrogens is 3. The highest BCUT2D eigenvalue weighted by molar-refractivity contribution is 6.30. The van der Waals surface area contributed by atoms with Gasteiger partial charge in [-0.1, -0.05) is 23.7 Å². The maximum atomic E-state index is 13.6. The molecule has 37 heavy (non-hydrogen) atoms. The first-order chi connectivity index (χ1) is 17.5. The fourth-order valence-corrected chi connectivity index (χ4v) is 4.12. The van der Waals surface area contributed by atoms with Crippen LogP contribution >= 0.6 is 11.6 Å². The van der Waals surface area contributed by atoms with Gasteiger partial charge in [0.2, 0.25) is 11.8 Å². The number of alkyl halides is 3. The number of benzene rings is 2. The van der Waals surface area contributed by atoms with E-state index < -0.39 is 35.6 Å². The van der Waals surface area contributed by atoms with Crippen LogP contribution in [0.5, 0.6) is 11.6 Å². The summed E-state index contributed by atoms with van der Waals surface area (Å²) < 4.78 is 43.4. The molecule has 4 aromatic rings. The van der Waals surface area contributed by atoms with E-state index in [1.54, 1.807) is 36.5 Å². The molecule has 0 aliphatic heterocycles. The van der Waals surface area contributed by atoms with Gasteiger partial charge in [-0.2, -0.15) is 0 Å². The minimum atomic E-state index is -4.88. The third-order valence-electron chi connectivity index (χ3n) is 5.68. The number of ether oxygens (including phenoxy) is 1. The molecule has 8 nitrogen and oxygen atoms in total. The van der Waals surface area contributed by atoms with Crippen LogP contribution in [0.4, 0.5) is 13.2 Å². The first-order valence-electron chi connectivity index (χ1n) is 10.8. The number of imidazole rings is 1. The van der Waals surface area contributed by atoms with E-state index in [0.717, 1.165) is 21.3 Å².